The van der Waals surface area contributed by atoms with E-state index in [1.54, 1.807) is 11.3 Å². The number of aromatic nitrogens is 2. The van der Waals surface area contributed by atoms with E-state index in [0.717, 1.165) is 16.5 Å². The number of fused-ring (bicyclic) bond motifs is 1. The largest absolute Gasteiger partial charge is 0.371 e. The maximum absolute atomic E-state index is 4.99. The molecule has 1 N–H and O–H groups in total. The molecule has 0 radical (unpaired) electrons. The molecule has 5 heteroatoms. The fourth-order valence-corrected chi connectivity index (χ4v) is 5.12. The zero-order valence-electron chi connectivity index (χ0n) is 15.8. The number of nitrogens with zero attached hydrogens (tertiary/aromatic N) is 3. The van der Waals surface area contributed by atoms with Gasteiger partial charge in [-0.1, -0.05) is 0 Å². The summed E-state index contributed by atoms with van der Waals surface area (Å²) in [5.41, 5.74) is 6.91. The lowest BCUT2D eigenvalue weighted by molar-refractivity contribution is 0.629. The van der Waals surface area contributed by atoms with Gasteiger partial charge in [-0.15, -0.1) is 11.3 Å². The Kier molecular flexibility index (Phi) is 3.58. The third kappa shape index (κ3) is 2.60. The summed E-state index contributed by atoms with van der Waals surface area (Å²) in [5.74, 6) is 1.12. The minimum Gasteiger partial charge on any atom is -0.371 e. The van der Waals surface area contributed by atoms with E-state index in [1.165, 1.54) is 61.2 Å². The molecule has 5 rings (SSSR count). The van der Waals surface area contributed by atoms with E-state index in [1.807, 2.05) is 0 Å². The average molecular weight is 367 g/mol. The average Bonchev–Trinajstić information content (AvgIpc) is 3.17. The molecule has 0 fully saturated rings. The van der Waals surface area contributed by atoms with Crippen LogP contribution in [0.5, 0.6) is 0 Å². The highest BCUT2D eigenvalue weighted by molar-refractivity contribution is 7.15. The van der Waals surface area contributed by atoms with Crippen LogP contribution in [0.2, 0.25) is 0 Å². The van der Waals surface area contributed by atoms with Crippen LogP contribution in [0.3, 0.4) is 0 Å². The molecule has 0 unspecified atom stereocenters. The standard InChI is InChI=1S/C21H26N4S/c1-21(2,3)23-19-17(22-20-25(19)10-11-26-20)16-12-14-6-4-8-24-9-5-7-15(13-16)18(14)24/h10-13,23H,4-9H2,1-3H3. The number of nitrogens with one attached hydrogen (secondary N) is 1. The number of hydrogen-bond donors (Lipinski definition) is 1. The van der Waals surface area contributed by atoms with Gasteiger partial charge in [0.15, 0.2) is 4.96 Å². The highest BCUT2D eigenvalue weighted by Gasteiger charge is 2.26. The number of imidazole rings is 1. The van der Waals surface area contributed by atoms with Crippen molar-refractivity contribution in [2.24, 2.45) is 0 Å². The molecule has 0 spiro atoms. The summed E-state index contributed by atoms with van der Waals surface area (Å²) in [6.45, 7) is 9.05. The van der Waals surface area contributed by atoms with Crippen LogP contribution in [-0.2, 0) is 12.8 Å². The number of thiazole rings is 1. The van der Waals surface area contributed by atoms with Crippen LogP contribution in [0.15, 0.2) is 23.7 Å². The smallest absolute Gasteiger partial charge is 0.195 e. The van der Waals surface area contributed by atoms with E-state index in [0.29, 0.717) is 0 Å². The van der Waals surface area contributed by atoms with Crippen molar-refractivity contribution in [1.29, 1.82) is 0 Å². The highest BCUT2D eigenvalue weighted by atomic mass is 32.1. The fourth-order valence-electron chi connectivity index (χ4n) is 4.40. The third-order valence-corrected chi connectivity index (χ3v) is 6.12. The molecular weight excluding hydrogens is 340 g/mol. The third-order valence-electron chi connectivity index (χ3n) is 5.36. The van der Waals surface area contributed by atoms with Crippen LogP contribution < -0.4 is 10.2 Å². The van der Waals surface area contributed by atoms with Crippen LogP contribution in [0.25, 0.3) is 16.2 Å². The lowest BCUT2D eigenvalue weighted by atomic mass is 9.89. The van der Waals surface area contributed by atoms with Crippen molar-refractivity contribution in [2.75, 3.05) is 23.3 Å². The van der Waals surface area contributed by atoms with E-state index in [-0.39, 0.29) is 5.54 Å². The second-order valence-electron chi connectivity index (χ2n) is 8.58. The topological polar surface area (TPSA) is 32.6 Å². The Morgan fingerprint density at radius 2 is 1.77 bits per heavy atom. The van der Waals surface area contributed by atoms with Gasteiger partial charge in [0.05, 0.1) is 0 Å². The van der Waals surface area contributed by atoms with Crippen molar-refractivity contribution in [3.8, 4) is 11.3 Å². The van der Waals surface area contributed by atoms with Crippen LogP contribution in [-0.4, -0.2) is 28.0 Å². The molecule has 0 amide bonds. The van der Waals surface area contributed by atoms with E-state index in [2.05, 4.69) is 59.1 Å². The van der Waals surface area contributed by atoms with Gasteiger partial charge in [0.1, 0.15) is 11.5 Å². The molecule has 0 atom stereocenters. The van der Waals surface area contributed by atoms with E-state index in [9.17, 15) is 0 Å². The fraction of sp³-hybridized carbons (Fsp3) is 0.476. The summed E-state index contributed by atoms with van der Waals surface area (Å²) in [6.07, 6.45) is 7.03. The molecule has 0 bridgehead atoms. The highest BCUT2D eigenvalue weighted by Crippen LogP contribution is 2.40. The Labute approximate surface area is 158 Å². The Morgan fingerprint density at radius 1 is 1.08 bits per heavy atom. The summed E-state index contributed by atoms with van der Waals surface area (Å²) in [5, 5.41) is 5.80. The van der Waals surface area contributed by atoms with E-state index in [4.69, 9.17) is 4.98 Å². The molecule has 2 aromatic heterocycles. The molecule has 26 heavy (non-hydrogen) atoms. The molecule has 136 valence electrons. The summed E-state index contributed by atoms with van der Waals surface area (Å²) in [6, 6.07) is 4.80. The maximum atomic E-state index is 4.99. The predicted molar refractivity (Wildman–Crippen MR) is 111 cm³/mol. The Morgan fingerprint density at radius 3 is 2.42 bits per heavy atom. The zero-order chi connectivity index (χ0) is 17.9. The van der Waals surface area contributed by atoms with Crippen molar-refractivity contribution in [3.63, 3.8) is 0 Å². The predicted octanol–water partition coefficient (Wildman–Crippen LogP) is 4.97. The number of rotatable bonds is 2. The molecule has 3 aromatic rings. The maximum Gasteiger partial charge on any atom is 0.195 e. The number of aryl methyl sites for hydroxylation is 2. The van der Waals surface area contributed by atoms with Gasteiger partial charge in [0.2, 0.25) is 0 Å². The van der Waals surface area contributed by atoms with Crippen LogP contribution in [0.1, 0.15) is 44.7 Å². The van der Waals surface area contributed by atoms with Crippen molar-refractivity contribution < 1.29 is 0 Å². The lowest BCUT2D eigenvalue weighted by Crippen LogP contribution is -2.34. The Bertz CT molecular complexity index is 945. The quantitative estimate of drug-likeness (QED) is 0.695. The molecule has 1 aromatic carbocycles. The lowest BCUT2D eigenvalue weighted by Gasteiger charge is -2.37. The summed E-state index contributed by atoms with van der Waals surface area (Å²) in [7, 11) is 0. The second-order valence-corrected chi connectivity index (χ2v) is 9.45. The number of hydrogen-bond acceptors (Lipinski definition) is 4. The van der Waals surface area contributed by atoms with Gasteiger partial charge >= 0.3 is 0 Å². The van der Waals surface area contributed by atoms with Crippen molar-refractivity contribution in [2.45, 2.75) is 52.0 Å². The Hall–Kier alpha value is -2.01. The van der Waals surface area contributed by atoms with Gasteiger partial charge < -0.3 is 10.2 Å². The molecule has 2 aliphatic heterocycles. The zero-order valence-corrected chi connectivity index (χ0v) is 16.6. The van der Waals surface area contributed by atoms with Crippen LogP contribution >= 0.6 is 11.3 Å². The normalized spacial score (nSPS) is 16.8. The molecule has 0 saturated heterocycles. The first-order chi connectivity index (χ1) is 12.5. The first-order valence-corrected chi connectivity index (χ1v) is 10.5. The molecule has 2 aliphatic rings. The monoisotopic (exact) mass is 366 g/mol. The first kappa shape index (κ1) is 16.2. The van der Waals surface area contributed by atoms with E-state index >= 15 is 0 Å². The van der Waals surface area contributed by atoms with Gasteiger partial charge in [-0.2, -0.15) is 0 Å². The van der Waals surface area contributed by atoms with Crippen molar-refractivity contribution in [3.05, 3.63) is 34.8 Å². The summed E-state index contributed by atoms with van der Waals surface area (Å²) >= 11 is 1.70. The molecule has 4 nitrogen and oxygen atoms in total. The van der Waals surface area contributed by atoms with Crippen LogP contribution in [0, 0.1) is 0 Å². The molecule has 0 saturated carbocycles. The molecule has 4 heterocycles. The van der Waals surface area contributed by atoms with Gasteiger partial charge in [-0.3, -0.25) is 4.40 Å². The van der Waals surface area contributed by atoms with Gasteiger partial charge in [0.25, 0.3) is 0 Å². The molecule has 0 aliphatic carbocycles. The van der Waals surface area contributed by atoms with Crippen molar-refractivity contribution >= 4 is 27.8 Å². The van der Waals surface area contributed by atoms with Gasteiger partial charge in [0, 0.05) is 41.5 Å². The molecular formula is C21H26N4S. The first-order valence-electron chi connectivity index (χ1n) is 9.64. The second kappa shape index (κ2) is 5.74. The minimum absolute atomic E-state index is 0.00801. The van der Waals surface area contributed by atoms with Gasteiger partial charge in [-0.05, 0) is 69.7 Å². The van der Waals surface area contributed by atoms with Crippen molar-refractivity contribution in [1.82, 2.24) is 9.38 Å². The summed E-state index contributed by atoms with van der Waals surface area (Å²) < 4.78 is 2.20. The van der Waals surface area contributed by atoms with Gasteiger partial charge in [-0.25, -0.2) is 4.98 Å². The SMILES string of the molecule is CC(C)(C)Nc1c(-c2cc3c4c(c2)CCCN4CCC3)nc2sccn12. The summed E-state index contributed by atoms with van der Waals surface area (Å²) in [4.78, 5) is 8.65. The van der Waals surface area contributed by atoms with Crippen LogP contribution in [0.4, 0.5) is 11.5 Å². The number of anilines is 2. The van der Waals surface area contributed by atoms with E-state index < -0.39 is 0 Å². The Balaban J connectivity index is 1.69. The minimum atomic E-state index is -0.00801. The number of benzene rings is 1.